The lowest BCUT2D eigenvalue weighted by molar-refractivity contribution is -0.217. The van der Waals surface area contributed by atoms with Gasteiger partial charge in [-0.05, 0) is 160 Å². The first kappa shape index (κ1) is 52.5. The molecule has 7 rings (SSSR count). The first-order valence-electron chi connectivity index (χ1n) is 19.8. The van der Waals surface area contributed by atoms with Crippen LogP contribution in [0.1, 0.15) is 52.7 Å². The quantitative estimate of drug-likeness (QED) is 0.0790. The fourth-order valence-electron chi connectivity index (χ4n) is 5.91. The maximum Gasteiger partial charge on any atom is 0.494 e. The Balaban J connectivity index is 0.000000195. The molecule has 10 nitrogen and oxygen atoms in total. The van der Waals surface area contributed by atoms with Crippen LogP contribution in [-0.2, 0) is 32.0 Å². The number of alkyl halides is 6. The van der Waals surface area contributed by atoms with E-state index < -0.39 is 48.7 Å². The lowest BCUT2D eigenvalue weighted by Crippen LogP contribution is -2.41. The van der Waals surface area contributed by atoms with Crippen LogP contribution in [0.25, 0.3) is 22.6 Å². The summed E-state index contributed by atoms with van der Waals surface area (Å²) in [6, 6.07) is 24.8. The standard InChI is InChI=1S/C19H16ClF4N3O.C16H21BClF3O3.C9H7FIN3/c1-11(19(22,23)24)28-10-12-6-13(8-14(20)7-12)17-9-18(25)26-27(17)16-4-2-15(21)3-5-16;1-10(16(19,20)21)22-9-11-6-12(8-13(18)7-11)17-23-14(2,3)15(4,5)24-17;10-6-1-3-7(4-2-6)14-8(11)5-9(12)13-14/h2-9,11H,10H2,1H3,(H2,25,26);6-8,10H,9H2,1-5H3;1-5H,(H2,12,13)/t11-;10-;/m11./s1. The normalized spacial score (nSPS) is 15.4. The van der Waals surface area contributed by atoms with E-state index in [4.69, 9.17) is 53.5 Å². The summed E-state index contributed by atoms with van der Waals surface area (Å²) in [5, 5.41) is 8.99. The van der Waals surface area contributed by atoms with E-state index >= 15 is 0 Å². The van der Waals surface area contributed by atoms with Gasteiger partial charge in [0.2, 0.25) is 0 Å². The van der Waals surface area contributed by atoms with Gasteiger partial charge in [0.1, 0.15) is 27.0 Å². The third-order valence-electron chi connectivity index (χ3n) is 10.2. The Bertz CT molecular complexity index is 2560. The Kier molecular flexibility index (Phi) is 16.9. The first-order valence-corrected chi connectivity index (χ1v) is 21.7. The minimum absolute atomic E-state index is 0.201. The maximum absolute atomic E-state index is 13.2. The second-order valence-electron chi connectivity index (χ2n) is 15.9. The number of ether oxygens (including phenoxy) is 2. The van der Waals surface area contributed by atoms with Crippen LogP contribution in [0.2, 0.25) is 10.0 Å². The molecule has 2 aromatic heterocycles. The third kappa shape index (κ3) is 14.0. The highest BCUT2D eigenvalue weighted by atomic mass is 127. The van der Waals surface area contributed by atoms with Gasteiger partial charge in [0, 0.05) is 27.7 Å². The Hall–Kier alpha value is -4.45. The van der Waals surface area contributed by atoms with Gasteiger partial charge in [-0.3, -0.25) is 0 Å². The largest absolute Gasteiger partial charge is 0.494 e. The molecule has 1 fully saturated rings. The highest BCUT2D eigenvalue weighted by Crippen LogP contribution is 2.37. The van der Waals surface area contributed by atoms with Crippen molar-refractivity contribution in [2.45, 2.75) is 90.5 Å². The fraction of sp³-hybridized carbons (Fsp3) is 0.318. The number of rotatable bonds is 10. The molecule has 1 aliphatic rings. The van der Waals surface area contributed by atoms with Crippen LogP contribution in [0.5, 0.6) is 0 Å². The second-order valence-corrected chi connectivity index (χ2v) is 17.9. The molecule has 4 aromatic carbocycles. The van der Waals surface area contributed by atoms with E-state index in [1.165, 1.54) is 47.1 Å². The number of nitrogens with two attached hydrogens (primary N) is 2. The molecule has 0 aliphatic carbocycles. The van der Waals surface area contributed by atoms with E-state index in [-0.39, 0.29) is 24.8 Å². The van der Waals surface area contributed by atoms with E-state index in [0.29, 0.717) is 49.4 Å². The number of hydrogen-bond acceptors (Lipinski definition) is 8. The zero-order valence-electron chi connectivity index (χ0n) is 36.1. The average Bonchev–Trinajstić information content (AvgIpc) is 3.85. The Labute approximate surface area is 399 Å². The van der Waals surface area contributed by atoms with Crippen molar-refractivity contribution in [1.29, 1.82) is 0 Å². The van der Waals surface area contributed by atoms with Crippen LogP contribution in [0, 0.1) is 15.3 Å². The van der Waals surface area contributed by atoms with Crippen LogP contribution in [0.15, 0.2) is 97.1 Å². The number of anilines is 2. The number of nitrogen functional groups attached to an aromatic ring is 2. The SMILES string of the molecule is C[C@@H](OCc1cc(Cl)cc(-c2cc(N)nn2-c2ccc(F)cc2)c1)C(F)(F)F.C[C@@H](OCc1cc(Cl)cc(B2OC(C)(C)C(C)(C)O2)c1)C(F)(F)F.Nc1cc(I)n(-c2ccc(F)cc2)n1. The van der Waals surface area contributed by atoms with Crippen molar-refractivity contribution in [3.8, 4) is 22.6 Å². The lowest BCUT2D eigenvalue weighted by Gasteiger charge is -2.32. The minimum Gasteiger partial charge on any atom is -0.399 e. The Morgan fingerprint density at radius 2 is 1.08 bits per heavy atom. The number of halogens is 11. The highest BCUT2D eigenvalue weighted by Gasteiger charge is 2.52. The Morgan fingerprint density at radius 3 is 1.53 bits per heavy atom. The van der Waals surface area contributed by atoms with Crippen LogP contribution in [0.3, 0.4) is 0 Å². The molecule has 354 valence electrons. The molecule has 1 saturated heterocycles. The van der Waals surface area contributed by atoms with E-state index in [1.54, 1.807) is 59.3 Å². The topological polar surface area (TPSA) is 125 Å². The molecule has 0 unspecified atom stereocenters. The third-order valence-corrected chi connectivity index (χ3v) is 11.4. The zero-order chi connectivity index (χ0) is 48.9. The molecule has 2 atom stereocenters. The van der Waals surface area contributed by atoms with Crippen molar-refractivity contribution in [3.63, 3.8) is 0 Å². The van der Waals surface area contributed by atoms with Crippen molar-refractivity contribution >= 4 is 70.0 Å². The van der Waals surface area contributed by atoms with Crippen LogP contribution < -0.4 is 16.9 Å². The number of aromatic nitrogens is 4. The average molecular weight is 1080 g/mol. The highest BCUT2D eigenvalue weighted by molar-refractivity contribution is 14.1. The van der Waals surface area contributed by atoms with Crippen molar-refractivity contribution in [3.05, 3.63) is 134 Å². The first-order chi connectivity index (χ1) is 30.6. The van der Waals surface area contributed by atoms with Crippen LogP contribution in [-0.4, -0.2) is 62.4 Å². The summed E-state index contributed by atoms with van der Waals surface area (Å²) >= 11 is 14.3. The maximum atomic E-state index is 13.2. The van der Waals surface area contributed by atoms with E-state index in [9.17, 15) is 35.1 Å². The van der Waals surface area contributed by atoms with Gasteiger partial charge >= 0.3 is 19.5 Å². The molecule has 22 heteroatoms. The van der Waals surface area contributed by atoms with Gasteiger partial charge in [-0.25, -0.2) is 18.1 Å². The molecule has 4 N–H and O–H groups in total. The fourth-order valence-corrected chi connectivity index (χ4v) is 7.14. The van der Waals surface area contributed by atoms with E-state index in [1.807, 2.05) is 27.7 Å². The molecular weight excluding hydrogens is 1040 g/mol. The monoisotopic (exact) mass is 1080 g/mol. The summed E-state index contributed by atoms with van der Waals surface area (Å²) in [6.45, 7) is 9.13. The smallest absolute Gasteiger partial charge is 0.399 e. The molecule has 0 bridgehead atoms. The molecule has 6 aromatic rings. The summed E-state index contributed by atoms with van der Waals surface area (Å²) < 4.78 is 127. The van der Waals surface area contributed by atoms with Gasteiger partial charge in [0.05, 0.1) is 41.5 Å². The summed E-state index contributed by atoms with van der Waals surface area (Å²) in [4.78, 5) is 0. The van der Waals surface area contributed by atoms with E-state index in [0.717, 1.165) is 23.2 Å². The summed E-state index contributed by atoms with van der Waals surface area (Å²) in [5.74, 6) is 0.0248. The number of hydrogen-bond donors (Lipinski definition) is 2. The lowest BCUT2D eigenvalue weighted by atomic mass is 9.78. The number of nitrogens with zero attached hydrogens (tertiary/aromatic N) is 4. The van der Waals surface area contributed by atoms with Gasteiger partial charge in [0.25, 0.3) is 0 Å². The molecule has 0 amide bonds. The summed E-state index contributed by atoms with van der Waals surface area (Å²) in [7, 11) is -0.632. The van der Waals surface area contributed by atoms with Crippen LogP contribution >= 0.6 is 45.8 Å². The molecule has 0 saturated carbocycles. The molecule has 66 heavy (non-hydrogen) atoms. The van der Waals surface area contributed by atoms with Gasteiger partial charge < -0.3 is 30.2 Å². The molecule has 0 spiro atoms. The predicted octanol–water partition coefficient (Wildman–Crippen LogP) is 11.7. The minimum atomic E-state index is -4.45. The summed E-state index contributed by atoms with van der Waals surface area (Å²) in [5.41, 5.74) is 14.5. The van der Waals surface area contributed by atoms with Crippen molar-refractivity contribution < 1.29 is 53.9 Å². The predicted molar refractivity (Wildman–Crippen MR) is 247 cm³/mol. The summed E-state index contributed by atoms with van der Waals surface area (Å²) in [6.07, 6.45) is -12.6. The molecule has 1 aliphatic heterocycles. The van der Waals surface area contributed by atoms with E-state index in [2.05, 4.69) is 32.8 Å². The second kappa shape index (κ2) is 21.2. The van der Waals surface area contributed by atoms with Gasteiger partial charge in [0.15, 0.2) is 12.2 Å². The van der Waals surface area contributed by atoms with Gasteiger partial charge in [-0.15, -0.1) is 5.10 Å². The van der Waals surface area contributed by atoms with Crippen molar-refractivity contribution in [2.75, 3.05) is 11.5 Å². The van der Waals surface area contributed by atoms with Gasteiger partial charge in [-0.2, -0.15) is 31.4 Å². The molecular formula is C44H44BCl2F8IN6O4. The van der Waals surface area contributed by atoms with Gasteiger partial charge in [-0.1, -0.05) is 29.3 Å². The van der Waals surface area contributed by atoms with Crippen LogP contribution in [0.4, 0.5) is 46.8 Å². The number of benzene rings is 4. The van der Waals surface area contributed by atoms with Crippen molar-refractivity contribution in [1.82, 2.24) is 19.6 Å². The van der Waals surface area contributed by atoms with Crippen molar-refractivity contribution in [2.24, 2.45) is 0 Å². The zero-order valence-corrected chi connectivity index (χ0v) is 39.8. The molecule has 3 heterocycles. The Morgan fingerprint density at radius 1 is 0.652 bits per heavy atom. The molecule has 0 radical (unpaired) electrons.